The van der Waals surface area contributed by atoms with E-state index in [9.17, 15) is 9.00 Å². The quantitative estimate of drug-likeness (QED) is 0.530. The van der Waals surface area contributed by atoms with Crippen molar-refractivity contribution in [2.75, 3.05) is 35.6 Å². The highest BCUT2D eigenvalue weighted by Gasteiger charge is 2.42. The number of hydrogen-bond donors (Lipinski definition) is 2. The average molecular weight is 572 g/mol. The van der Waals surface area contributed by atoms with Crippen molar-refractivity contribution in [3.8, 4) is 0 Å². The van der Waals surface area contributed by atoms with Crippen LogP contribution in [0.2, 0.25) is 5.02 Å². The maximum absolute atomic E-state index is 12.9. The molecule has 0 spiro atoms. The van der Waals surface area contributed by atoms with E-state index in [-0.39, 0.29) is 5.54 Å². The van der Waals surface area contributed by atoms with E-state index in [1.54, 1.807) is 12.4 Å². The standard InChI is InChI=1S/C27H34ClN7O3S/c1-26(2,3)38-25(36)31-15-27(6-4-7-27)34-23-21-20(5-8-39(21)37)32-24(33-23)35-13-17-9-16(10-18(17)14-35)22-29-11-19(28)12-30-22/h9,11-12,17-18H,4-8,10,13-15H2,1-3H3,(H,31,36)(H,32,33,34)/t17?,18?,39-/m1/s1. The highest BCUT2D eigenvalue weighted by Crippen LogP contribution is 2.43. The first-order chi connectivity index (χ1) is 18.6. The molecule has 1 saturated heterocycles. The van der Waals surface area contributed by atoms with Crippen LogP contribution in [0.5, 0.6) is 0 Å². The highest BCUT2D eigenvalue weighted by atomic mass is 35.5. The van der Waals surface area contributed by atoms with E-state index >= 15 is 0 Å². The number of fused-ring (bicyclic) bond motifs is 2. The van der Waals surface area contributed by atoms with Gasteiger partial charge >= 0.3 is 6.09 Å². The lowest BCUT2D eigenvalue weighted by Gasteiger charge is -2.43. The molecule has 2 aliphatic heterocycles. The molecule has 1 saturated carbocycles. The third-order valence-corrected chi connectivity index (χ3v) is 9.57. The van der Waals surface area contributed by atoms with Crippen LogP contribution in [0.25, 0.3) is 5.57 Å². The van der Waals surface area contributed by atoms with Crippen molar-refractivity contribution < 1.29 is 13.7 Å². The van der Waals surface area contributed by atoms with E-state index in [1.165, 1.54) is 5.57 Å². The van der Waals surface area contributed by atoms with Crippen molar-refractivity contribution >= 4 is 45.8 Å². The third-order valence-electron chi connectivity index (χ3n) is 7.92. The van der Waals surface area contributed by atoms with Crippen molar-refractivity contribution in [3.05, 3.63) is 35.0 Å². The maximum Gasteiger partial charge on any atom is 0.407 e. The number of nitrogens with zero attached hydrogens (tertiary/aromatic N) is 5. The van der Waals surface area contributed by atoms with Gasteiger partial charge in [0.05, 0.1) is 27.1 Å². The number of rotatable bonds is 6. The molecule has 12 heteroatoms. The van der Waals surface area contributed by atoms with Gasteiger partial charge < -0.3 is 20.3 Å². The smallest absolute Gasteiger partial charge is 0.407 e. The van der Waals surface area contributed by atoms with Gasteiger partial charge in [-0.1, -0.05) is 17.7 Å². The fourth-order valence-corrected chi connectivity index (χ4v) is 7.29. The molecule has 10 nitrogen and oxygen atoms in total. The van der Waals surface area contributed by atoms with Crippen molar-refractivity contribution in [2.45, 2.75) is 68.9 Å². The number of allylic oxidation sites excluding steroid dienone is 1. The number of carbonyl (C=O) groups is 1. The summed E-state index contributed by atoms with van der Waals surface area (Å²) in [6.45, 7) is 7.61. The Morgan fingerprint density at radius 3 is 2.67 bits per heavy atom. The molecule has 6 rings (SSSR count). The second kappa shape index (κ2) is 9.99. The zero-order valence-electron chi connectivity index (χ0n) is 22.5. The van der Waals surface area contributed by atoms with Crippen molar-refractivity contribution in [1.82, 2.24) is 25.3 Å². The Balaban J connectivity index is 1.20. The molecule has 2 aromatic rings. The summed E-state index contributed by atoms with van der Waals surface area (Å²) < 4.78 is 18.4. The largest absolute Gasteiger partial charge is 0.444 e. The molecule has 4 aliphatic rings. The van der Waals surface area contributed by atoms with Crippen LogP contribution >= 0.6 is 11.6 Å². The Morgan fingerprint density at radius 2 is 2.00 bits per heavy atom. The van der Waals surface area contributed by atoms with Crippen LogP contribution in [0.1, 0.15) is 58.0 Å². The van der Waals surface area contributed by atoms with Gasteiger partial charge in [0.1, 0.15) is 16.3 Å². The van der Waals surface area contributed by atoms with Crippen molar-refractivity contribution in [2.24, 2.45) is 11.8 Å². The number of halogens is 1. The van der Waals surface area contributed by atoms with Crippen LogP contribution in [0, 0.1) is 11.8 Å². The van der Waals surface area contributed by atoms with Crippen LogP contribution < -0.4 is 15.5 Å². The molecule has 208 valence electrons. The normalized spacial score (nSPS) is 25.0. The lowest BCUT2D eigenvalue weighted by atomic mass is 9.76. The predicted octanol–water partition coefficient (Wildman–Crippen LogP) is 3.98. The lowest BCUT2D eigenvalue weighted by molar-refractivity contribution is 0.0506. The molecule has 2 fully saturated rings. The highest BCUT2D eigenvalue weighted by molar-refractivity contribution is 7.85. The summed E-state index contributed by atoms with van der Waals surface area (Å²) in [5.74, 6) is 3.43. The van der Waals surface area contributed by atoms with Gasteiger partial charge in [0.15, 0.2) is 5.82 Å². The Kier molecular flexibility index (Phi) is 6.77. The number of hydrogen-bond acceptors (Lipinski definition) is 9. The fraction of sp³-hybridized carbons (Fsp3) is 0.593. The van der Waals surface area contributed by atoms with Crippen molar-refractivity contribution in [1.29, 1.82) is 0 Å². The molecule has 4 heterocycles. The van der Waals surface area contributed by atoms with Gasteiger partial charge in [-0.15, -0.1) is 0 Å². The summed E-state index contributed by atoms with van der Waals surface area (Å²) in [6.07, 6.45) is 9.52. The van der Waals surface area contributed by atoms with Crippen LogP contribution in [-0.4, -0.2) is 66.8 Å². The molecule has 0 aromatic carbocycles. The fourth-order valence-electron chi connectivity index (χ4n) is 5.88. The minimum Gasteiger partial charge on any atom is -0.444 e. The Hall–Kier alpha value is -2.79. The third kappa shape index (κ3) is 5.48. The van der Waals surface area contributed by atoms with E-state index in [0.29, 0.717) is 52.2 Å². The SMILES string of the molecule is CC(C)(C)OC(=O)NCC1(Nc2nc(N3CC4C=C(c5ncc(Cl)cn5)CC4C3)nc3c2[S@](=O)CC3)CCC1. The second-order valence-corrected chi connectivity index (χ2v) is 14.0. The molecule has 2 aliphatic carbocycles. The minimum absolute atomic E-state index is 0.346. The number of aromatic nitrogens is 4. The van der Waals surface area contributed by atoms with Crippen LogP contribution in [0.4, 0.5) is 16.6 Å². The molecule has 1 amide bonds. The summed E-state index contributed by atoms with van der Waals surface area (Å²) in [7, 11) is -1.14. The molecular weight excluding hydrogens is 538 g/mol. The monoisotopic (exact) mass is 571 g/mol. The van der Waals surface area contributed by atoms with E-state index < -0.39 is 22.5 Å². The van der Waals surface area contributed by atoms with E-state index in [2.05, 4.69) is 31.6 Å². The van der Waals surface area contributed by atoms with E-state index in [1.807, 2.05) is 20.8 Å². The van der Waals surface area contributed by atoms with Crippen LogP contribution in [0.3, 0.4) is 0 Å². The van der Waals surface area contributed by atoms with E-state index in [0.717, 1.165) is 50.3 Å². The first kappa shape index (κ1) is 26.4. The zero-order valence-corrected chi connectivity index (χ0v) is 24.1. The summed E-state index contributed by atoms with van der Waals surface area (Å²) in [5.41, 5.74) is 1.12. The van der Waals surface area contributed by atoms with Gasteiger partial charge in [-0.05, 0) is 63.9 Å². The van der Waals surface area contributed by atoms with Gasteiger partial charge in [-0.3, -0.25) is 4.21 Å². The topological polar surface area (TPSA) is 122 Å². The van der Waals surface area contributed by atoms with Gasteiger partial charge in [0.2, 0.25) is 5.95 Å². The molecule has 2 aromatic heterocycles. The molecule has 0 bridgehead atoms. The molecule has 3 atom stereocenters. The first-order valence-corrected chi connectivity index (χ1v) is 15.3. The molecule has 0 radical (unpaired) electrons. The van der Waals surface area contributed by atoms with Gasteiger partial charge in [0.25, 0.3) is 0 Å². The van der Waals surface area contributed by atoms with Gasteiger partial charge in [-0.25, -0.2) is 19.7 Å². The summed E-state index contributed by atoms with van der Waals surface area (Å²) >= 11 is 5.96. The lowest BCUT2D eigenvalue weighted by Crippen LogP contribution is -2.54. The minimum atomic E-state index is -1.14. The predicted molar refractivity (Wildman–Crippen MR) is 150 cm³/mol. The van der Waals surface area contributed by atoms with Gasteiger partial charge in [-0.2, -0.15) is 4.98 Å². The summed E-state index contributed by atoms with van der Waals surface area (Å²) in [6, 6.07) is 0. The zero-order chi connectivity index (χ0) is 27.4. The molecule has 2 N–H and O–H groups in total. The number of aryl methyl sites for hydroxylation is 1. The Morgan fingerprint density at radius 1 is 1.23 bits per heavy atom. The Bertz CT molecular complexity index is 1340. The number of carbonyl (C=O) groups excluding carboxylic acids is 1. The number of anilines is 2. The molecule has 39 heavy (non-hydrogen) atoms. The number of nitrogens with one attached hydrogen (secondary N) is 2. The molecule has 2 unspecified atom stereocenters. The maximum atomic E-state index is 12.9. The summed E-state index contributed by atoms with van der Waals surface area (Å²) in [4.78, 5) is 33.9. The Labute approximate surface area is 235 Å². The second-order valence-electron chi connectivity index (χ2n) is 12.0. The average Bonchev–Trinajstić information content (AvgIpc) is 3.53. The van der Waals surface area contributed by atoms with E-state index in [4.69, 9.17) is 26.3 Å². The number of ether oxygens (including phenoxy) is 1. The number of alkyl carbamates (subject to hydrolysis) is 1. The summed E-state index contributed by atoms with van der Waals surface area (Å²) in [5, 5.41) is 7.06. The van der Waals surface area contributed by atoms with Crippen molar-refractivity contribution in [3.63, 3.8) is 0 Å². The van der Waals surface area contributed by atoms with Gasteiger partial charge in [0, 0.05) is 44.2 Å². The number of amides is 1. The first-order valence-electron chi connectivity index (χ1n) is 13.6. The van der Waals surface area contributed by atoms with Crippen LogP contribution in [0.15, 0.2) is 23.4 Å². The molecular formula is C27H34ClN7O3S. The van der Waals surface area contributed by atoms with Crippen LogP contribution in [-0.2, 0) is 22.0 Å².